The third-order valence-corrected chi connectivity index (χ3v) is 4.25. The molecule has 0 amide bonds. The first-order chi connectivity index (χ1) is 11.4. The van der Waals surface area contributed by atoms with Gasteiger partial charge in [0, 0.05) is 44.6 Å². The molecule has 0 unspecified atom stereocenters. The Hall–Kier alpha value is -2.24. The van der Waals surface area contributed by atoms with E-state index in [0.29, 0.717) is 11.4 Å². The quantitative estimate of drug-likeness (QED) is 0.827. The molecule has 0 spiro atoms. The van der Waals surface area contributed by atoms with E-state index in [9.17, 15) is 13.2 Å². The average molecular weight is 335 g/mol. The molecule has 0 radical (unpaired) electrons. The molecule has 2 aromatic rings. The summed E-state index contributed by atoms with van der Waals surface area (Å²) >= 11 is 0. The second-order valence-corrected chi connectivity index (χ2v) is 6.23. The van der Waals surface area contributed by atoms with Gasteiger partial charge in [-0.15, -0.1) is 0 Å². The van der Waals surface area contributed by atoms with E-state index >= 15 is 0 Å². The van der Waals surface area contributed by atoms with Crippen molar-refractivity contribution < 1.29 is 13.2 Å². The summed E-state index contributed by atoms with van der Waals surface area (Å²) in [6.07, 6.45) is -1.21. The molecule has 0 saturated carbocycles. The standard InChI is InChI=1S/C18H20F3N3/c1-23(2)17-16(11-14(12-22-17)18(19,20)21)13-6-5-7-15(10-13)24-8-3-4-9-24/h5-7,10-12H,3-4,8-9H2,1-2H3. The zero-order valence-electron chi connectivity index (χ0n) is 13.8. The van der Waals surface area contributed by atoms with Crippen LogP contribution in [0, 0.1) is 0 Å². The van der Waals surface area contributed by atoms with Crippen molar-refractivity contribution in [1.29, 1.82) is 0 Å². The van der Waals surface area contributed by atoms with Gasteiger partial charge >= 0.3 is 6.18 Å². The Labute approximate surface area is 139 Å². The second kappa shape index (κ2) is 6.34. The third kappa shape index (κ3) is 3.32. The molecule has 128 valence electrons. The van der Waals surface area contributed by atoms with Crippen molar-refractivity contribution in [1.82, 2.24) is 4.98 Å². The minimum Gasteiger partial charge on any atom is -0.372 e. The number of rotatable bonds is 3. The summed E-state index contributed by atoms with van der Waals surface area (Å²) in [6.45, 7) is 1.98. The van der Waals surface area contributed by atoms with E-state index in [1.807, 2.05) is 24.3 Å². The number of alkyl halides is 3. The Morgan fingerprint density at radius 3 is 2.42 bits per heavy atom. The fourth-order valence-electron chi connectivity index (χ4n) is 3.03. The molecule has 1 aliphatic heterocycles. The summed E-state index contributed by atoms with van der Waals surface area (Å²) < 4.78 is 39.2. The highest BCUT2D eigenvalue weighted by Crippen LogP contribution is 2.36. The number of hydrogen-bond donors (Lipinski definition) is 0. The van der Waals surface area contributed by atoms with Gasteiger partial charge in [-0.2, -0.15) is 13.2 Å². The van der Waals surface area contributed by atoms with Crippen LogP contribution in [0.5, 0.6) is 0 Å². The number of benzene rings is 1. The summed E-state index contributed by atoms with van der Waals surface area (Å²) in [7, 11) is 3.56. The molecule has 1 fully saturated rings. The van der Waals surface area contributed by atoms with Crippen LogP contribution in [-0.2, 0) is 6.18 Å². The fraction of sp³-hybridized carbons (Fsp3) is 0.389. The molecule has 3 nitrogen and oxygen atoms in total. The number of aromatic nitrogens is 1. The van der Waals surface area contributed by atoms with Gasteiger partial charge in [0.25, 0.3) is 0 Å². The van der Waals surface area contributed by atoms with Crippen molar-refractivity contribution >= 4 is 11.5 Å². The Bertz CT molecular complexity index is 720. The third-order valence-electron chi connectivity index (χ3n) is 4.25. The molecule has 1 aromatic carbocycles. The lowest BCUT2D eigenvalue weighted by molar-refractivity contribution is -0.137. The maximum atomic E-state index is 13.1. The zero-order valence-corrected chi connectivity index (χ0v) is 13.8. The van der Waals surface area contributed by atoms with E-state index in [1.165, 1.54) is 6.07 Å². The molecule has 1 saturated heterocycles. The van der Waals surface area contributed by atoms with E-state index < -0.39 is 11.7 Å². The normalized spacial score (nSPS) is 15.0. The lowest BCUT2D eigenvalue weighted by Gasteiger charge is -2.21. The molecule has 1 aliphatic rings. The number of nitrogens with zero attached hydrogens (tertiary/aromatic N) is 3. The van der Waals surface area contributed by atoms with Crippen LogP contribution in [0.3, 0.4) is 0 Å². The molecular weight excluding hydrogens is 315 g/mol. The number of hydrogen-bond acceptors (Lipinski definition) is 3. The van der Waals surface area contributed by atoms with Crippen LogP contribution >= 0.6 is 0 Å². The lowest BCUT2D eigenvalue weighted by Crippen LogP contribution is -2.17. The second-order valence-electron chi connectivity index (χ2n) is 6.23. The maximum absolute atomic E-state index is 13.1. The van der Waals surface area contributed by atoms with Crippen molar-refractivity contribution in [3.63, 3.8) is 0 Å². The molecule has 0 atom stereocenters. The summed E-state index contributed by atoms with van der Waals surface area (Å²) in [6, 6.07) is 8.87. The highest BCUT2D eigenvalue weighted by Gasteiger charge is 2.32. The maximum Gasteiger partial charge on any atom is 0.417 e. The van der Waals surface area contributed by atoms with Crippen LogP contribution in [0.25, 0.3) is 11.1 Å². The predicted molar refractivity (Wildman–Crippen MR) is 90.4 cm³/mol. The monoisotopic (exact) mass is 335 g/mol. The minimum atomic E-state index is -4.40. The molecule has 3 rings (SSSR count). The molecule has 0 N–H and O–H groups in total. The van der Waals surface area contributed by atoms with Gasteiger partial charge in [0.15, 0.2) is 0 Å². The average Bonchev–Trinajstić information content (AvgIpc) is 3.08. The van der Waals surface area contributed by atoms with Crippen molar-refractivity contribution in [2.75, 3.05) is 37.0 Å². The van der Waals surface area contributed by atoms with Crippen LogP contribution in [-0.4, -0.2) is 32.2 Å². The van der Waals surface area contributed by atoms with Gasteiger partial charge in [-0.05, 0) is 36.6 Å². The van der Waals surface area contributed by atoms with Crippen LogP contribution in [0.2, 0.25) is 0 Å². The summed E-state index contributed by atoms with van der Waals surface area (Å²) in [5.74, 6) is 0.529. The van der Waals surface area contributed by atoms with Crippen molar-refractivity contribution in [2.45, 2.75) is 19.0 Å². The van der Waals surface area contributed by atoms with E-state index in [2.05, 4.69) is 9.88 Å². The molecule has 24 heavy (non-hydrogen) atoms. The Balaban J connectivity index is 2.08. The molecule has 0 aliphatic carbocycles. The molecule has 0 bridgehead atoms. The zero-order chi connectivity index (χ0) is 17.3. The van der Waals surface area contributed by atoms with E-state index in [0.717, 1.165) is 43.4 Å². The van der Waals surface area contributed by atoms with Crippen LogP contribution in [0.4, 0.5) is 24.7 Å². The van der Waals surface area contributed by atoms with Crippen molar-refractivity contribution in [3.05, 3.63) is 42.1 Å². The Morgan fingerprint density at radius 2 is 1.79 bits per heavy atom. The van der Waals surface area contributed by atoms with Gasteiger partial charge in [0.05, 0.1) is 5.56 Å². The van der Waals surface area contributed by atoms with Gasteiger partial charge in [-0.25, -0.2) is 4.98 Å². The largest absolute Gasteiger partial charge is 0.417 e. The number of anilines is 2. The molecule has 2 heterocycles. The summed E-state index contributed by atoms with van der Waals surface area (Å²) in [4.78, 5) is 8.04. The van der Waals surface area contributed by atoms with E-state index in [1.54, 1.807) is 19.0 Å². The van der Waals surface area contributed by atoms with Gasteiger partial charge in [0.2, 0.25) is 0 Å². The van der Waals surface area contributed by atoms with Crippen LogP contribution in [0.1, 0.15) is 18.4 Å². The van der Waals surface area contributed by atoms with Gasteiger partial charge in [0.1, 0.15) is 5.82 Å². The highest BCUT2D eigenvalue weighted by molar-refractivity contribution is 5.78. The SMILES string of the molecule is CN(C)c1ncc(C(F)(F)F)cc1-c1cccc(N2CCCC2)c1. The molecule has 6 heteroatoms. The molecular formula is C18H20F3N3. The molecule has 1 aromatic heterocycles. The first-order valence-corrected chi connectivity index (χ1v) is 7.96. The summed E-state index contributed by atoms with van der Waals surface area (Å²) in [5, 5.41) is 0. The van der Waals surface area contributed by atoms with Gasteiger partial charge in [-0.3, -0.25) is 0 Å². The van der Waals surface area contributed by atoms with Crippen LogP contribution in [0.15, 0.2) is 36.5 Å². The van der Waals surface area contributed by atoms with E-state index in [4.69, 9.17) is 0 Å². The topological polar surface area (TPSA) is 19.4 Å². The first-order valence-electron chi connectivity index (χ1n) is 7.96. The minimum absolute atomic E-state index is 0.496. The van der Waals surface area contributed by atoms with Crippen LogP contribution < -0.4 is 9.80 Å². The van der Waals surface area contributed by atoms with Gasteiger partial charge < -0.3 is 9.80 Å². The Kier molecular flexibility index (Phi) is 4.39. The number of halogens is 3. The Morgan fingerprint density at radius 1 is 1.08 bits per heavy atom. The first kappa shape index (κ1) is 16.6. The predicted octanol–water partition coefficient (Wildman–Crippen LogP) is 4.43. The van der Waals surface area contributed by atoms with Crippen molar-refractivity contribution in [2.24, 2.45) is 0 Å². The van der Waals surface area contributed by atoms with Crippen molar-refractivity contribution in [3.8, 4) is 11.1 Å². The van der Waals surface area contributed by atoms with E-state index in [-0.39, 0.29) is 0 Å². The number of pyridine rings is 1. The van der Waals surface area contributed by atoms with Gasteiger partial charge in [-0.1, -0.05) is 12.1 Å². The smallest absolute Gasteiger partial charge is 0.372 e. The lowest BCUT2D eigenvalue weighted by atomic mass is 10.0. The fourth-order valence-corrected chi connectivity index (χ4v) is 3.03. The summed E-state index contributed by atoms with van der Waals surface area (Å²) in [5.41, 5.74) is 1.57. The highest BCUT2D eigenvalue weighted by atomic mass is 19.4.